The minimum Gasteiger partial charge on any atom is -0.496 e. The van der Waals surface area contributed by atoms with Gasteiger partial charge in [-0.1, -0.05) is 65.3 Å². The fraction of sp³-hybridized carbons (Fsp3) is 0.568. The number of ether oxygens (including phenoxy) is 5. The van der Waals surface area contributed by atoms with E-state index in [0.29, 0.717) is 67.3 Å². The number of hydrogen-bond acceptors (Lipinski definition) is 10. The average molecular weight is 813 g/mol. The minimum absolute atomic E-state index is 0.0491. The molecule has 2 aromatic rings. The lowest BCUT2D eigenvalue weighted by Gasteiger charge is -2.22. The molecule has 312 valence electrons. The highest BCUT2D eigenvalue weighted by Crippen LogP contribution is 2.45. The highest BCUT2D eigenvalue weighted by Gasteiger charge is 2.34. The number of carbonyl (C=O) groups excluding carboxylic acids is 3. The lowest BCUT2D eigenvalue weighted by atomic mass is 9.94. The molecule has 0 atom stereocenters. The average Bonchev–Trinajstić information content (AvgIpc) is 3.74. The van der Waals surface area contributed by atoms with Crippen molar-refractivity contribution in [3.8, 4) is 23.0 Å². The van der Waals surface area contributed by atoms with E-state index in [2.05, 4.69) is 39.3 Å². The molecule has 2 N–H and O–H groups in total. The zero-order chi connectivity index (χ0) is 42.4. The molecule has 2 aliphatic rings. The first-order chi connectivity index (χ1) is 26.5. The van der Waals surface area contributed by atoms with Gasteiger partial charge in [0.05, 0.1) is 39.6 Å². The van der Waals surface area contributed by atoms with Crippen molar-refractivity contribution in [2.24, 2.45) is 0 Å². The van der Waals surface area contributed by atoms with Crippen molar-refractivity contribution in [2.45, 2.75) is 124 Å². The van der Waals surface area contributed by atoms with Crippen molar-refractivity contribution in [2.75, 3.05) is 41.2 Å². The summed E-state index contributed by atoms with van der Waals surface area (Å²) in [6.07, 6.45) is 8.60. The monoisotopic (exact) mass is 812 g/mol. The van der Waals surface area contributed by atoms with E-state index in [1.807, 2.05) is 39.8 Å². The number of fused-ring (bicyclic) bond motifs is 2. The Morgan fingerprint density at radius 3 is 1.68 bits per heavy atom. The first kappa shape index (κ1) is 48.4. The van der Waals surface area contributed by atoms with E-state index in [9.17, 15) is 19.5 Å². The predicted molar refractivity (Wildman–Crippen MR) is 230 cm³/mol. The molecule has 10 nitrogen and oxygen atoms in total. The van der Waals surface area contributed by atoms with Crippen molar-refractivity contribution in [3.05, 3.63) is 67.8 Å². The second kappa shape index (κ2) is 22.3. The molecule has 2 aromatic carbocycles. The van der Waals surface area contributed by atoms with Crippen LogP contribution in [0.3, 0.4) is 0 Å². The number of aliphatic hydroxyl groups excluding tert-OH is 2. The lowest BCUT2D eigenvalue weighted by Crippen LogP contribution is -2.23. The number of aldehydes is 1. The van der Waals surface area contributed by atoms with Crippen molar-refractivity contribution in [1.29, 1.82) is 0 Å². The first-order valence-electron chi connectivity index (χ1n) is 19.7. The fourth-order valence-electron chi connectivity index (χ4n) is 6.70. The number of esters is 1. The molecule has 12 heteroatoms. The van der Waals surface area contributed by atoms with Crippen LogP contribution in [0.1, 0.15) is 87.2 Å². The molecule has 1 aliphatic carbocycles. The number of hydrogen-bond donors (Lipinski definition) is 2. The zero-order valence-electron chi connectivity index (χ0n) is 36.4. The summed E-state index contributed by atoms with van der Waals surface area (Å²) in [6.45, 7) is 23.2. The Labute approximate surface area is 337 Å². The molecular weight excluding hydrogens is 745 g/mol. The van der Waals surface area contributed by atoms with Crippen LogP contribution in [-0.4, -0.2) is 85.5 Å². The largest absolute Gasteiger partial charge is 0.496 e. The standard InChI is InChI=1S/C22H34O4Si.C21H30O5Si.CH4O/c1-7-16(14-23)8-9-18-21(25-3)15(2)17-10-11-19(24)20(17)22(18)26-12-13-27(4,5)6;1-7-15(12-22)8-9-16-19(24-3)14(2)17-13-26-21(23)18(17)20(16)25-10-11-27(4,5)6;1-2/h8,23H,7,9-14H2,1-6H3;8,12H,7,9-11,13H2,1-6H3;2H,1H3/b16-8+;15-8+;. The van der Waals surface area contributed by atoms with Crippen molar-refractivity contribution < 1.29 is 48.3 Å². The van der Waals surface area contributed by atoms with Crippen LogP contribution >= 0.6 is 0 Å². The summed E-state index contributed by atoms with van der Waals surface area (Å²) in [4.78, 5) is 36.2. The smallest absolute Gasteiger partial charge is 0.342 e. The number of methoxy groups -OCH3 is 2. The van der Waals surface area contributed by atoms with E-state index in [-0.39, 0.29) is 25.0 Å². The van der Waals surface area contributed by atoms with Crippen molar-refractivity contribution in [1.82, 2.24) is 0 Å². The highest BCUT2D eigenvalue weighted by atomic mass is 28.3. The first-order valence-corrected chi connectivity index (χ1v) is 27.2. The molecule has 0 radical (unpaired) electrons. The maximum atomic E-state index is 12.6. The summed E-state index contributed by atoms with van der Waals surface area (Å²) >= 11 is 0. The molecule has 1 heterocycles. The van der Waals surface area contributed by atoms with Gasteiger partial charge in [-0.05, 0) is 85.9 Å². The van der Waals surface area contributed by atoms with Crippen molar-refractivity contribution in [3.63, 3.8) is 0 Å². The van der Waals surface area contributed by atoms with Crippen LogP contribution in [0.4, 0.5) is 0 Å². The second-order valence-corrected chi connectivity index (χ2v) is 27.7. The third-order valence-corrected chi connectivity index (χ3v) is 13.6. The third kappa shape index (κ3) is 12.6. The van der Waals surface area contributed by atoms with Crippen LogP contribution in [-0.2, 0) is 35.4 Å². The number of benzene rings is 2. The number of rotatable bonds is 18. The maximum Gasteiger partial charge on any atom is 0.342 e. The van der Waals surface area contributed by atoms with Crippen LogP contribution in [0, 0.1) is 13.8 Å². The Balaban J connectivity index is 0.000000370. The summed E-state index contributed by atoms with van der Waals surface area (Å²) < 4.78 is 29.1. The molecule has 4 rings (SSSR count). The van der Waals surface area contributed by atoms with Gasteiger partial charge >= 0.3 is 5.97 Å². The van der Waals surface area contributed by atoms with Crippen LogP contribution in [0.25, 0.3) is 0 Å². The van der Waals surface area contributed by atoms with Crippen LogP contribution in [0.15, 0.2) is 23.3 Å². The molecule has 1 aliphatic heterocycles. The normalized spacial score (nSPS) is 13.8. The van der Waals surface area contributed by atoms with Gasteiger partial charge < -0.3 is 33.9 Å². The van der Waals surface area contributed by atoms with Gasteiger partial charge in [-0.3, -0.25) is 9.59 Å². The van der Waals surface area contributed by atoms with Crippen LogP contribution < -0.4 is 18.9 Å². The van der Waals surface area contributed by atoms with E-state index in [1.165, 1.54) is 0 Å². The number of cyclic esters (lactones) is 1. The number of Topliss-reactive ketones (excluding diaryl/α,β-unsaturated/α-hetero) is 1. The molecule has 0 unspecified atom stereocenters. The van der Waals surface area contributed by atoms with E-state index in [1.54, 1.807) is 14.2 Å². The van der Waals surface area contributed by atoms with Gasteiger partial charge in [-0.15, -0.1) is 0 Å². The molecular formula is C44H68O10Si2. The Morgan fingerprint density at radius 1 is 0.732 bits per heavy atom. The number of aliphatic hydroxyl groups is 2. The van der Waals surface area contributed by atoms with Gasteiger partial charge in [0, 0.05) is 46.4 Å². The van der Waals surface area contributed by atoms with Gasteiger partial charge in [-0.2, -0.15) is 0 Å². The van der Waals surface area contributed by atoms with E-state index >= 15 is 0 Å². The minimum atomic E-state index is -1.28. The van der Waals surface area contributed by atoms with Crippen molar-refractivity contribution >= 4 is 34.2 Å². The second-order valence-electron chi connectivity index (χ2n) is 16.5. The van der Waals surface area contributed by atoms with E-state index in [0.717, 1.165) is 88.6 Å². The highest BCUT2D eigenvalue weighted by molar-refractivity contribution is 6.76. The topological polar surface area (TPSA) is 138 Å². The molecule has 0 saturated carbocycles. The van der Waals surface area contributed by atoms with Gasteiger partial charge in [-0.25, -0.2) is 4.79 Å². The Morgan fingerprint density at radius 2 is 1.23 bits per heavy atom. The quantitative estimate of drug-likeness (QED) is 0.0494. The van der Waals surface area contributed by atoms with Crippen LogP contribution in [0.2, 0.25) is 51.4 Å². The molecule has 0 bridgehead atoms. The Bertz CT molecular complexity index is 1740. The Hall–Kier alpha value is -3.72. The zero-order valence-corrected chi connectivity index (χ0v) is 38.4. The van der Waals surface area contributed by atoms with E-state index < -0.39 is 16.1 Å². The molecule has 0 spiro atoms. The summed E-state index contributed by atoms with van der Waals surface area (Å²) in [6, 6.07) is 2.02. The summed E-state index contributed by atoms with van der Waals surface area (Å²) in [5.41, 5.74) is 8.54. The molecule has 56 heavy (non-hydrogen) atoms. The molecule has 0 amide bonds. The fourth-order valence-corrected chi connectivity index (χ4v) is 8.13. The molecule has 0 fully saturated rings. The SMILES string of the molecule is CC/C(=C\Cc1c(OC)c(C)c2c(c1OCC[Si](C)(C)C)C(=O)CC2)CO.CC/C(C=O)=C\Cc1c(OC)c(C)c2c(c1OCC[Si](C)(C)C)C(=O)OC2.CO. The predicted octanol–water partition coefficient (Wildman–Crippen LogP) is 8.80. The summed E-state index contributed by atoms with van der Waals surface area (Å²) in [5, 5.41) is 16.5. The molecule has 0 aromatic heterocycles. The maximum absolute atomic E-state index is 12.6. The van der Waals surface area contributed by atoms with Crippen LogP contribution in [0.5, 0.6) is 23.0 Å². The van der Waals surface area contributed by atoms with Gasteiger partial charge in [0.15, 0.2) is 5.78 Å². The number of carbonyl (C=O) groups is 3. The summed E-state index contributed by atoms with van der Waals surface area (Å²) in [7, 11) is 1.77. The number of allylic oxidation sites excluding steroid dienone is 3. The summed E-state index contributed by atoms with van der Waals surface area (Å²) in [5.74, 6) is 2.59. The third-order valence-electron chi connectivity index (χ3n) is 10.2. The lowest BCUT2D eigenvalue weighted by molar-refractivity contribution is -0.105. The van der Waals surface area contributed by atoms with Gasteiger partial charge in [0.1, 0.15) is 41.5 Å². The Kier molecular flexibility index (Phi) is 19.3. The molecule has 0 saturated heterocycles. The number of ketones is 1. The van der Waals surface area contributed by atoms with E-state index in [4.69, 9.17) is 28.8 Å². The van der Waals surface area contributed by atoms with Gasteiger partial charge in [0.2, 0.25) is 0 Å². The van der Waals surface area contributed by atoms with Gasteiger partial charge in [0.25, 0.3) is 0 Å².